The van der Waals surface area contributed by atoms with Crippen molar-refractivity contribution in [3.63, 3.8) is 0 Å². The van der Waals surface area contributed by atoms with Crippen LogP contribution in [0.1, 0.15) is 87.0 Å². The second-order valence-electron chi connectivity index (χ2n) is 19.7. The van der Waals surface area contributed by atoms with Crippen LogP contribution in [0.25, 0.3) is 34.2 Å². The van der Waals surface area contributed by atoms with Crippen LogP contribution in [0.2, 0.25) is 10.0 Å². The molecule has 0 spiro atoms. The molecule has 1 aliphatic rings. The van der Waals surface area contributed by atoms with Crippen LogP contribution in [-0.2, 0) is 36.0 Å². The van der Waals surface area contributed by atoms with Crippen molar-refractivity contribution in [1.82, 2.24) is 53.5 Å². The number of alkyl halides is 6. The number of carbonyl (C=O) groups is 5. The molecule has 34 heteroatoms. The van der Waals surface area contributed by atoms with Crippen LogP contribution in [0.3, 0.4) is 0 Å². The molecule has 0 radical (unpaired) electrons. The Kier molecular flexibility index (Phi) is 17.5. The lowest BCUT2D eigenvalue weighted by Gasteiger charge is -2.32. The zero-order chi connectivity index (χ0) is 62.9. The van der Waals surface area contributed by atoms with E-state index >= 15 is 0 Å². The van der Waals surface area contributed by atoms with Gasteiger partial charge in [-0.3, -0.25) is 39.4 Å². The molecule has 1 aliphatic heterocycles. The second kappa shape index (κ2) is 24.2. The number of amides is 3. The van der Waals surface area contributed by atoms with Crippen molar-refractivity contribution in [2.45, 2.75) is 51.6 Å². The quantitative estimate of drug-likeness (QED) is 0.0418. The molecule has 448 valence electrons. The third kappa shape index (κ3) is 13.8. The number of esters is 1. The largest absolute Gasteiger partial charge is 0.478 e. The minimum absolute atomic E-state index is 0.0553. The molecular weight excluding hydrogens is 1200 g/mol. The highest BCUT2D eigenvalue weighted by Gasteiger charge is 2.41. The Hall–Kier alpha value is -10.1. The number of anilines is 2. The Balaban J connectivity index is 0.000000232. The Bertz CT molecular complexity index is 3980. The lowest BCUT2D eigenvalue weighted by atomic mass is 9.96. The standard InChI is InChI=1S/C31H30ClF3N8O6.C21H13ClF3N7O5/c1-30(2,3)49-29(46)17-9-11-41(12-10-17)28(45)20-7-5-18(13-22(20)32)38-27(44)26-37-15-23(40(26)4)21-16-42(39-25(21)31(33,34)35)24-8-6-19(14-36-24)43(47)48;1-30-15(8-27-18(30)19(33)28-10-2-4-12(20(34)35)14(22)6-10)13-9-31(29-17(13)21(23,24)25)16-5-3-11(7-26-16)32(36)37/h5-8,13-17H,9-12H2,1-4H3,(H,38,44);2-9H,1H3,(H,28,33)(H,34,35). The molecule has 0 atom stereocenters. The average Bonchev–Trinajstić information content (AvgIpc) is 1.70. The zero-order valence-corrected chi connectivity index (χ0v) is 46.5. The van der Waals surface area contributed by atoms with E-state index < -0.39 is 68.1 Å². The van der Waals surface area contributed by atoms with E-state index in [4.69, 9.17) is 33.0 Å². The number of hydrogen-bond acceptors (Lipinski definition) is 16. The summed E-state index contributed by atoms with van der Waals surface area (Å²) in [6, 6.07) is 12.4. The van der Waals surface area contributed by atoms with Crippen molar-refractivity contribution >= 4 is 75.6 Å². The predicted octanol–water partition coefficient (Wildman–Crippen LogP) is 9.89. The molecule has 1 fully saturated rings. The van der Waals surface area contributed by atoms with Crippen molar-refractivity contribution < 1.29 is 70.0 Å². The monoisotopic (exact) mass is 1240 g/mol. The number of hydrogen-bond donors (Lipinski definition) is 3. The number of piperidine rings is 1. The Morgan fingerprint density at radius 1 is 0.640 bits per heavy atom. The first kappa shape index (κ1) is 61.9. The van der Waals surface area contributed by atoms with Crippen molar-refractivity contribution in [1.29, 1.82) is 0 Å². The average molecular weight is 1240 g/mol. The fourth-order valence-electron chi connectivity index (χ4n) is 8.54. The molecule has 2 aromatic carbocycles. The van der Waals surface area contributed by atoms with Crippen LogP contribution in [0.4, 0.5) is 49.1 Å². The summed E-state index contributed by atoms with van der Waals surface area (Å²) in [5, 5.41) is 42.9. The third-order valence-electron chi connectivity index (χ3n) is 12.7. The summed E-state index contributed by atoms with van der Waals surface area (Å²) >= 11 is 12.3. The van der Waals surface area contributed by atoms with E-state index in [0.29, 0.717) is 25.9 Å². The van der Waals surface area contributed by atoms with Crippen molar-refractivity contribution in [3.05, 3.63) is 162 Å². The van der Waals surface area contributed by atoms with Crippen LogP contribution in [-0.4, -0.2) is 117 Å². The molecular formula is C52H43Cl2F6N15O11. The summed E-state index contributed by atoms with van der Waals surface area (Å²) in [7, 11) is 2.67. The van der Waals surface area contributed by atoms with E-state index in [1.165, 1.54) is 50.5 Å². The molecule has 86 heavy (non-hydrogen) atoms. The summed E-state index contributed by atoms with van der Waals surface area (Å²) < 4.78 is 92.8. The number of aromatic nitrogens is 10. The van der Waals surface area contributed by atoms with Gasteiger partial charge in [0.2, 0.25) is 0 Å². The molecule has 3 N–H and O–H groups in total. The van der Waals surface area contributed by atoms with Gasteiger partial charge in [-0.05, 0) is 82.1 Å². The van der Waals surface area contributed by atoms with Crippen molar-refractivity contribution in [2.75, 3.05) is 23.7 Å². The number of carboxylic acids is 1. The fraction of sp³-hybridized carbons (Fsp3) is 0.250. The lowest BCUT2D eigenvalue weighted by Crippen LogP contribution is -2.41. The number of rotatable bonds is 13. The van der Waals surface area contributed by atoms with Crippen LogP contribution in [0.15, 0.2) is 97.8 Å². The minimum atomic E-state index is -4.90. The third-order valence-corrected chi connectivity index (χ3v) is 13.3. The van der Waals surface area contributed by atoms with E-state index in [0.717, 1.165) is 79.9 Å². The molecule has 26 nitrogen and oxygen atoms in total. The van der Waals surface area contributed by atoms with Gasteiger partial charge in [0.15, 0.2) is 34.7 Å². The normalized spacial score (nSPS) is 12.9. The summed E-state index contributed by atoms with van der Waals surface area (Å²) in [4.78, 5) is 100. The number of nitrogens with zero attached hydrogens (tertiary/aromatic N) is 13. The van der Waals surface area contributed by atoms with Crippen molar-refractivity contribution in [2.24, 2.45) is 20.0 Å². The molecule has 6 aromatic heterocycles. The van der Waals surface area contributed by atoms with Gasteiger partial charge < -0.3 is 34.5 Å². The van der Waals surface area contributed by atoms with E-state index in [-0.39, 0.29) is 96.4 Å². The van der Waals surface area contributed by atoms with Gasteiger partial charge >= 0.3 is 24.3 Å². The van der Waals surface area contributed by atoms with Crippen LogP contribution < -0.4 is 10.6 Å². The first-order valence-electron chi connectivity index (χ1n) is 24.9. The number of ether oxygens (including phenoxy) is 1. The van der Waals surface area contributed by atoms with E-state index in [1.54, 1.807) is 25.7 Å². The number of benzene rings is 2. The molecule has 0 bridgehead atoms. The van der Waals surface area contributed by atoms with E-state index in [2.05, 4.69) is 40.8 Å². The number of imidazole rings is 2. The molecule has 7 heterocycles. The summed E-state index contributed by atoms with van der Waals surface area (Å²) in [6.07, 6.45) is -2.97. The van der Waals surface area contributed by atoms with Crippen LogP contribution in [0.5, 0.6) is 0 Å². The summed E-state index contributed by atoms with van der Waals surface area (Å²) in [6.45, 7) is 6.04. The molecule has 8 aromatic rings. The van der Waals surface area contributed by atoms with E-state index in [9.17, 15) is 70.5 Å². The van der Waals surface area contributed by atoms with Gasteiger partial charge in [0.1, 0.15) is 18.0 Å². The van der Waals surface area contributed by atoms with Gasteiger partial charge in [0, 0.05) is 63.1 Å². The van der Waals surface area contributed by atoms with Crippen LogP contribution in [0, 0.1) is 26.1 Å². The van der Waals surface area contributed by atoms with Crippen molar-refractivity contribution in [3.8, 4) is 34.2 Å². The molecule has 0 aliphatic carbocycles. The van der Waals surface area contributed by atoms with Gasteiger partial charge in [-0.15, -0.1) is 0 Å². The van der Waals surface area contributed by atoms with Gasteiger partial charge in [-0.2, -0.15) is 36.5 Å². The Labute approximate surface area is 489 Å². The molecule has 0 saturated carbocycles. The molecule has 9 rings (SSSR count). The number of nitrogens with one attached hydrogen (secondary N) is 2. The number of likely N-dealkylation sites (tertiary alicyclic amines) is 1. The lowest BCUT2D eigenvalue weighted by molar-refractivity contribution is -0.385. The highest BCUT2D eigenvalue weighted by atomic mass is 35.5. The first-order valence-corrected chi connectivity index (χ1v) is 25.6. The van der Waals surface area contributed by atoms with Gasteiger partial charge in [-0.1, -0.05) is 23.2 Å². The molecule has 0 unspecified atom stereocenters. The molecule has 3 amide bonds. The summed E-state index contributed by atoms with van der Waals surface area (Å²) in [5.41, 5.74) is -4.59. The number of carboxylic acid groups (broad SMARTS) is 1. The SMILES string of the molecule is Cn1c(-c2cn(-c3ccc([N+](=O)[O-])cn3)nc2C(F)(F)F)cnc1C(=O)Nc1ccc(C(=O)N2CCC(C(=O)OC(C)(C)C)CC2)c(Cl)c1.Cn1c(-c2cn(-c3ccc([N+](=O)[O-])cn3)nc2C(F)(F)F)cnc1C(=O)Nc1ccc(C(=O)O)c(Cl)c1. The Morgan fingerprint density at radius 3 is 1.41 bits per heavy atom. The maximum absolute atomic E-state index is 14.0. The van der Waals surface area contributed by atoms with Gasteiger partial charge in [-0.25, -0.2) is 34.1 Å². The van der Waals surface area contributed by atoms with Gasteiger partial charge in [0.05, 0.1) is 71.8 Å². The topological polar surface area (TPSA) is 325 Å². The highest BCUT2D eigenvalue weighted by molar-refractivity contribution is 6.34. The first-order chi connectivity index (χ1) is 40.3. The Morgan fingerprint density at radius 2 is 1.06 bits per heavy atom. The number of carbonyl (C=O) groups excluding carboxylic acids is 4. The number of nitro groups is 2. The minimum Gasteiger partial charge on any atom is -0.478 e. The summed E-state index contributed by atoms with van der Waals surface area (Å²) in [5.74, 6) is -4.51. The van der Waals surface area contributed by atoms with Crippen LogP contribution >= 0.6 is 23.2 Å². The predicted molar refractivity (Wildman–Crippen MR) is 291 cm³/mol. The second-order valence-corrected chi connectivity index (χ2v) is 20.5. The zero-order valence-electron chi connectivity index (χ0n) is 45.0. The van der Waals surface area contributed by atoms with Gasteiger partial charge in [0.25, 0.3) is 29.1 Å². The highest BCUT2D eigenvalue weighted by Crippen LogP contribution is 2.39. The molecule has 1 saturated heterocycles. The maximum atomic E-state index is 14.0. The fourth-order valence-corrected chi connectivity index (χ4v) is 9.06. The number of aromatic carboxylic acids is 1. The maximum Gasteiger partial charge on any atom is 0.435 e. The smallest absolute Gasteiger partial charge is 0.435 e. The number of pyridine rings is 2. The van der Waals surface area contributed by atoms with E-state index in [1.807, 2.05) is 0 Å². The number of halogens is 8.